The van der Waals surface area contributed by atoms with E-state index in [2.05, 4.69) is 20.8 Å². The lowest BCUT2D eigenvalue weighted by molar-refractivity contribution is 0.0698. The van der Waals surface area contributed by atoms with Crippen molar-refractivity contribution in [1.29, 1.82) is 5.26 Å². The van der Waals surface area contributed by atoms with E-state index in [-0.39, 0.29) is 5.56 Å². The fourth-order valence-corrected chi connectivity index (χ4v) is 2.82. The Bertz CT molecular complexity index is 941. The molecule has 0 unspecified atom stereocenters. The molecule has 0 atom stereocenters. The molecule has 1 fully saturated rings. The van der Waals surface area contributed by atoms with Crippen LogP contribution in [0.1, 0.15) is 34.8 Å². The number of aromatic amines is 1. The molecule has 0 amide bonds. The van der Waals surface area contributed by atoms with Gasteiger partial charge in [0.05, 0.1) is 17.5 Å². The summed E-state index contributed by atoms with van der Waals surface area (Å²) in [4.78, 5) is 11.2. The van der Waals surface area contributed by atoms with Crippen molar-refractivity contribution in [3.8, 4) is 17.3 Å². The third-order valence-electron chi connectivity index (χ3n) is 4.05. The molecular weight excluding hydrogens is 280 g/mol. The molecule has 0 saturated heterocycles. The fourth-order valence-electron chi connectivity index (χ4n) is 2.82. The number of rotatable bonds is 3. The van der Waals surface area contributed by atoms with Crippen molar-refractivity contribution in [2.45, 2.75) is 18.9 Å². The summed E-state index contributed by atoms with van der Waals surface area (Å²) in [5.74, 6) is -1.03. The van der Waals surface area contributed by atoms with Crippen LogP contribution in [0.25, 0.3) is 22.2 Å². The fraction of sp³-hybridized carbons (Fsp3) is 0.188. The average molecular weight is 292 g/mol. The van der Waals surface area contributed by atoms with Crippen molar-refractivity contribution < 1.29 is 9.90 Å². The predicted octanol–water partition coefficient (Wildman–Crippen LogP) is 2.94. The van der Waals surface area contributed by atoms with Crippen LogP contribution in [-0.4, -0.2) is 25.8 Å². The highest BCUT2D eigenvalue weighted by Gasteiger charge is 2.26. The first-order valence-corrected chi connectivity index (χ1v) is 7.01. The molecule has 0 aliphatic heterocycles. The lowest BCUT2D eigenvalue weighted by Crippen LogP contribution is -1.97. The van der Waals surface area contributed by atoms with Gasteiger partial charge < -0.3 is 9.67 Å². The van der Waals surface area contributed by atoms with Crippen LogP contribution in [0.5, 0.6) is 0 Å². The Balaban J connectivity index is 1.92. The normalized spacial score (nSPS) is 14.1. The van der Waals surface area contributed by atoms with E-state index < -0.39 is 5.97 Å². The highest BCUT2D eigenvalue weighted by Crippen LogP contribution is 2.39. The zero-order valence-corrected chi connectivity index (χ0v) is 11.6. The number of carboxylic acids is 1. The quantitative estimate of drug-likeness (QED) is 0.776. The van der Waals surface area contributed by atoms with E-state index in [0.29, 0.717) is 22.9 Å². The topological polar surface area (TPSA) is 94.7 Å². The molecule has 1 aliphatic rings. The summed E-state index contributed by atoms with van der Waals surface area (Å²) in [5, 5.41) is 25.9. The summed E-state index contributed by atoms with van der Waals surface area (Å²) in [6.45, 7) is 0. The van der Waals surface area contributed by atoms with Crippen molar-refractivity contribution >= 4 is 16.9 Å². The minimum Gasteiger partial charge on any atom is -0.478 e. The SMILES string of the molecule is N#Cc1cn(C2CC2)c2ccc(-c3[nH]ncc3C(=O)O)cc12. The molecule has 0 spiro atoms. The van der Waals surface area contributed by atoms with Gasteiger partial charge in [-0.15, -0.1) is 0 Å². The van der Waals surface area contributed by atoms with Gasteiger partial charge in [-0.25, -0.2) is 4.79 Å². The molecule has 4 rings (SSSR count). The number of hydrogen-bond donors (Lipinski definition) is 2. The van der Waals surface area contributed by atoms with Gasteiger partial charge in [0.2, 0.25) is 0 Å². The van der Waals surface area contributed by atoms with Crippen molar-refractivity contribution in [1.82, 2.24) is 14.8 Å². The van der Waals surface area contributed by atoms with Gasteiger partial charge in [-0.2, -0.15) is 10.4 Å². The molecule has 2 aromatic heterocycles. The molecule has 2 heterocycles. The summed E-state index contributed by atoms with van der Waals surface area (Å²) in [7, 11) is 0. The third-order valence-corrected chi connectivity index (χ3v) is 4.05. The number of nitrogens with one attached hydrogen (secondary N) is 1. The van der Waals surface area contributed by atoms with Crippen LogP contribution in [0.2, 0.25) is 0 Å². The first-order valence-electron chi connectivity index (χ1n) is 7.01. The minimum absolute atomic E-state index is 0.125. The standard InChI is InChI=1S/C16H12N4O2/c17-6-10-8-20(11-2-3-11)14-4-1-9(5-12(10)14)15-13(16(21)22)7-18-19-15/h1,4-5,7-8,11H,2-3H2,(H,18,19)(H,21,22). The van der Waals surface area contributed by atoms with E-state index in [0.717, 1.165) is 23.7 Å². The van der Waals surface area contributed by atoms with Crippen molar-refractivity contribution in [3.63, 3.8) is 0 Å². The Morgan fingerprint density at radius 1 is 1.45 bits per heavy atom. The second kappa shape index (κ2) is 4.46. The molecule has 108 valence electrons. The number of aromatic carboxylic acids is 1. The lowest BCUT2D eigenvalue weighted by Gasteiger charge is -2.04. The van der Waals surface area contributed by atoms with Crippen LogP contribution in [0.3, 0.4) is 0 Å². The zero-order valence-electron chi connectivity index (χ0n) is 11.6. The molecule has 1 saturated carbocycles. The molecule has 0 radical (unpaired) electrons. The number of nitriles is 1. The maximum absolute atomic E-state index is 11.2. The number of carbonyl (C=O) groups is 1. The van der Waals surface area contributed by atoms with Crippen LogP contribution in [-0.2, 0) is 0 Å². The first-order chi connectivity index (χ1) is 10.7. The van der Waals surface area contributed by atoms with E-state index in [4.69, 9.17) is 0 Å². The molecule has 6 nitrogen and oxygen atoms in total. The second-order valence-corrected chi connectivity index (χ2v) is 5.49. The first kappa shape index (κ1) is 12.7. The average Bonchev–Trinajstić information content (AvgIpc) is 3.12. The number of aromatic nitrogens is 3. The third kappa shape index (κ3) is 1.79. The van der Waals surface area contributed by atoms with E-state index in [9.17, 15) is 15.2 Å². The molecule has 3 aromatic rings. The van der Waals surface area contributed by atoms with Gasteiger partial charge in [0.25, 0.3) is 0 Å². The molecule has 22 heavy (non-hydrogen) atoms. The van der Waals surface area contributed by atoms with Crippen LogP contribution in [0.15, 0.2) is 30.6 Å². The smallest absolute Gasteiger partial charge is 0.339 e. The number of nitrogens with zero attached hydrogens (tertiary/aromatic N) is 3. The Morgan fingerprint density at radius 2 is 2.27 bits per heavy atom. The minimum atomic E-state index is -1.03. The van der Waals surface area contributed by atoms with Crippen molar-refractivity contribution in [2.24, 2.45) is 0 Å². The molecule has 1 aliphatic carbocycles. The number of carboxylic acid groups (broad SMARTS) is 1. The van der Waals surface area contributed by atoms with Gasteiger partial charge in [-0.1, -0.05) is 6.07 Å². The monoisotopic (exact) mass is 292 g/mol. The lowest BCUT2D eigenvalue weighted by atomic mass is 10.0. The zero-order chi connectivity index (χ0) is 15.3. The number of fused-ring (bicyclic) bond motifs is 1. The number of benzene rings is 1. The van der Waals surface area contributed by atoms with Crippen molar-refractivity contribution in [3.05, 3.63) is 41.7 Å². The Kier molecular flexibility index (Phi) is 2.57. The Labute approximate surface area is 125 Å². The summed E-state index contributed by atoms with van der Waals surface area (Å²) in [6, 6.07) is 8.36. The number of hydrogen-bond acceptors (Lipinski definition) is 3. The van der Waals surface area contributed by atoms with Gasteiger partial charge in [-0.05, 0) is 25.0 Å². The highest BCUT2D eigenvalue weighted by atomic mass is 16.4. The summed E-state index contributed by atoms with van der Waals surface area (Å²) < 4.78 is 2.14. The van der Waals surface area contributed by atoms with Crippen LogP contribution < -0.4 is 0 Å². The number of H-pyrrole nitrogens is 1. The van der Waals surface area contributed by atoms with Crippen LogP contribution in [0, 0.1) is 11.3 Å². The molecular formula is C16H12N4O2. The van der Waals surface area contributed by atoms with Gasteiger partial charge in [0.1, 0.15) is 11.6 Å². The summed E-state index contributed by atoms with van der Waals surface area (Å²) in [5.41, 5.74) is 2.92. The van der Waals surface area contributed by atoms with Crippen molar-refractivity contribution in [2.75, 3.05) is 0 Å². The van der Waals surface area contributed by atoms with E-state index in [1.165, 1.54) is 6.20 Å². The maximum Gasteiger partial charge on any atom is 0.339 e. The van der Waals surface area contributed by atoms with E-state index >= 15 is 0 Å². The maximum atomic E-state index is 11.2. The van der Waals surface area contributed by atoms with Crippen LogP contribution in [0.4, 0.5) is 0 Å². The van der Waals surface area contributed by atoms with Crippen LogP contribution >= 0.6 is 0 Å². The van der Waals surface area contributed by atoms with E-state index in [1.807, 2.05) is 24.4 Å². The largest absolute Gasteiger partial charge is 0.478 e. The van der Waals surface area contributed by atoms with Gasteiger partial charge in [0, 0.05) is 28.7 Å². The Hall–Kier alpha value is -3.07. The molecule has 0 bridgehead atoms. The summed E-state index contributed by atoms with van der Waals surface area (Å²) in [6.07, 6.45) is 5.46. The predicted molar refractivity (Wildman–Crippen MR) is 79.5 cm³/mol. The van der Waals surface area contributed by atoms with Gasteiger partial charge in [0.15, 0.2) is 0 Å². The Morgan fingerprint density at radius 3 is 2.95 bits per heavy atom. The molecule has 6 heteroatoms. The highest BCUT2D eigenvalue weighted by molar-refractivity contribution is 5.97. The second-order valence-electron chi connectivity index (χ2n) is 5.49. The molecule has 2 N–H and O–H groups in total. The molecule has 1 aromatic carbocycles. The van der Waals surface area contributed by atoms with E-state index in [1.54, 1.807) is 0 Å². The van der Waals surface area contributed by atoms with Gasteiger partial charge in [-0.3, -0.25) is 5.10 Å². The van der Waals surface area contributed by atoms with Gasteiger partial charge >= 0.3 is 5.97 Å². The summed E-state index contributed by atoms with van der Waals surface area (Å²) >= 11 is 0.